The lowest BCUT2D eigenvalue weighted by Gasteiger charge is -2.13. The minimum absolute atomic E-state index is 0.559. The molecular weight excluding hydrogens is 613 g/mol. The first-order valence-corrected chi connectivity index (χ1v) is 16.7. The van der Waals surface area contributed by atoms with E-state index in [-0.39, 0.29) is 0 Å². The molecule has 0 spiro atoms. The maximum absolute atomic E-state index is 5.16. The lowest BCUT2D eigenvalue weighted by molar-refractivity contribution is 0.954. The zero-order valence-corrected chi connectivity index (χ0v) is 26.8. The number of rotatable bonds is 5. The monoisotopic (exact) mass is 640 g/mol. The molecule has 0 saturated heterocycles. The molecule has 0 aliphatic rings. The van der Waals surface area contributed by atoms with Crippen LogP contribution in [0.15, 0.2) is 170 Å². The molecule has 6 nitrogen and oxygen atoms in total. The highest BCUT2D eigenvalue weighted by Gasteiger charge is 2.21. The maximum Gasteiger partial charge on any atom is 0.238 e. The van der Waals surface area contributed by atoms with Crippen LogP contribution in [0.1, 0.15) is 0 Å². The van der Waals surface area contributed by atoms with Gasteiger partial charge < -0.3 is 4.57 Å². The molecule has 50 heavy (non-hydrogen) atoms. The fourth-order valence-electron chi connectivity index (χ4n) is 7.19. The number of nitrogens with zero attached hydrogens (tertiary/aromatic N) is 6. The number of hydrogen-bond donors (Lipinski definition) is 0. The van der Waals surface area contributed by atoms with Gasteiger partial charge in [0.05, 0.1) is 27.6 Å². The van der Waals surface area contributed by atoms with Crippen LogP contribution in [0.25, 0.3) is 89.3 Å². The Labute approximate surface area is 287 Å². The van der Waals surface area contributed by atoms with Gasteiger partial charge in [0.2, 0.25) is 5.95 Å². The summed E-state index contributed by atoms with van der Waals surface area (Å²) < 4.78 is 4.50. The fraction of sp³-hybridized carbons (Fsp3) is 0. The summed E-state index contributed by atoms with van der Waals surface area (Å²) in [4.78, 5) is 20.4. The van der Waals surface area contributed by atoms with Gasteiger partial charge in [0, 0.05) is 50.3 Å². The van der Waals surface area contributed by atoms with Crippen LogP contribution in [-0.2, 0) is 0 Å². The van der Waals surface area contributed by atoms with Crippen LogP contribution in [0.3, 0.4) is 0 Å². The Kier molecular flexibility index (Phi) is 6.39. The van der Waals surface area contributed by atoms with Gasteiger partial charge in [-0.05, 0) is 30.3 Å². The van der Waals surface area contributed by atoms with E-state index in [1.54, 1.807) is 0 Å². The highest BCUT2D eigenvalue weighted by atomic mass is 15.2. The summed E-state index contributed by atoms with van der Waals surface area (Å²) in [6, 6.07) is 56.4. The molecule has 4 aromatic heterocycles. The van der Waals surface area contributed by atoms with Gasteiger partial charge in [-0.1, -0.05) is 133 Å². The smallest absolute Gasteiger partial charge is 0.238 e. The summed E-state index contributed by atoms with van der Waals surface area (Å²) in [5, 5.41) is 3.36. The van der Waals surface area contributed by atoms with E-state index in [1.165, 1.54) is 0 Å². The number of hydrogen-bond acceptors (Lipinski definition) is 4. The Morgan fingerprint density at radius 2 is 0.960 bits per heavy atom. The van der Waals surface area contributed by atoms with Crippen LogP contribution in [0.2, 0.25) is 0 Å². The molecule has 0 bridgehead atoms. The Hall–Kier alpha value is -6.92. The number of para-hydroxylation sites is 4. The van der Waals surface area contributed by atoms with E-state index in [2.05, 4.69) is 106 Å². The fourth-order valence-corrected chi connectivity index (χ4v) is 7.19. The van der Waals surface area contributed by atoms with E-state index >= 15 is 0 Å². The third-order valence-corrected chi connectivity index (χ3v) is 9.42. The lowest BCUT2D eigenvalue weighted by Crippen LogP contribution is -2.07. The summed E-state index contributed by atoms with van der Waals surface area (Å²) in [5.41, 5.74) is 10.2. The van der Waals surface area contributed by atoms with E-state index in [9.17, 15) is 0 Å². The first-order chi connectivity index (χ1) is 24.8. The van der Waals surface area contributed by atoms with Gasteiger partial charge in [0.25, 0.3) is 0 Å². The third kappa shape index (κ3) is 4.43. The summed E-state index contributed by atoms with van der Waals surface area (Å²) >= 11 is 0. The summed E-state index contributed by atoms with van der Waals surface area (Å²) in [5.74, 6) is 1.80. The molecule has 0 radical (unpaired) electrons. The van der Waals surface area contributed by atoms with Crippen LogP contribution in [0.4, 0.5) is 0 Å². The molecule has 0 saturated carbocycles. The zero-order chi connectivity index (χ0) is 33.0. The van der Waals surface area contributed by atoms with Crippen molar-refractivity contribution in [3.8, 4) is 45.5 Å². The van der Waals surface area contributed by atoms with Crippen molar-refractivity contribution in [3.63, 3.8) is 0 Å². The van der Waals surface area contributed by atoms with Crippen molar-refractivity contribution in [2.24, 2.45) is 0 Å². The summed E-state index contributed by atoms with van der Waals surface area (Å²) in [6.07, 6.45) is 2.00. The quantitative estimate of drug-likeness (QED) is 0.188. The Bertz CT molecular complexity index is 2800. The molecular formula is C44H28N6. The second-order valence-corrected chi connectivity index (χ2v) is 12.3. The topological polar surface area (TPSA) is 61.4 Å². The van der Waals surface area contributed by atoms with Crippen LogP contribution in [0, 0.1) is 0 Å². The minimum Gasteiger partial charge on any atom is -0.308 e. The maximum atomic E-state index is 5.16. The van der Waals surface area contributed by atoms with Crippen LogP contribution in [-0.4, -0.2) is 29.1 Å². The van der Waals surface area contributed by atoms with E-state index in [1.807, 2.05) is 72.9 Å². The van der Waals surface area contributed by atoms with Crippen molar-refractivity contribution in [3.05, 3.63) is 170 Å². The number of aromatic nitrogens is 6. The zero-order valence-electron chi connectivity index (χ0n) is 26.8. The van der Waals surface area contributed by atoms with E-state index in [0.717, 1.165) is 71.7 Å². The van der Waals surface area contributed by atoms with E-state index in [4.69, 9.17) is 19.9 Å². The highest BCUT2D eigenvalue weighted by molar-refractivity contribution is 6.14. The van der Waals surface area contributed by atoms with Crippen LogP contribution < -0.4 is 0 Å². The third-order valence-electron chi connectivity index (χ3n) is 9.42. The molecule has 6 aromatic carbocycles. The highest BCUT2D eigenvalue weighted by Crippen LogP contribution is 2.40. The molecule has 0 aliphatic heterocycles. The number of pyridine rings is 1. The van der Waals surface area contributed by atoms with Gasteiger partial charge in [0.15, 0.2) is 11.6 Å². The van der Waals surface area contributed by atoms with Gasteiger partial charge in [-0.15, -0.1) is 0 Å². The molecule has 0 aliphatic carbocycles. The molecule has 0 N–H and O–H groups in total. The van der Waals surface area contributed by atoms with Crippen molar-refractivity contribution in [2.45, 2.75) is 0 Å². The summed E-state index contributed by atoms with van der Waals surface area (Å²) in [7, 11) is 0. The predicted molar refractivity (Wildman–Crippen MR) is 203 cm³/mol. The molecule has 10 rings (SSSR count). The molecule has 0 atom stereocenters. The van der Waals surface area contributed by atoms with Gasteiger partial charge in [-0.3, -0.25) is 9.55 Å². The number of benzene rings is 6. The number of fused-ring (bicyclic) bond motifs is 6. The largest absolute Gasteiger partial charge is 0.308 e. The average molecular weight is 641 g/mol. The van der Waals surface area contributed by atoms with Crippen molar-refractivity contribution < 1.29 is 0 Å². The van der Waals surface area contributed by atoms with Crippen molar-refractivity contribution >= 4 is 43.7 Å². The van der Waals surface area contributed by atoms with Crippen LogP contribution >= 0.6 is 0 Å². The first kappa shape index (κ1) is 28.1. The first-order valence-electron chi connectivity index (χ1n) is 16.7. The molecule has 4 heterocycles. The molecule has 10 aromatic rings. The second kappa shape index (κ2) is 11.4. The van der Waals surface area contributed by atoms with Crippen molar-refractivity contribution in [2.75, 3.05) is 0 Å². The molecule has 0 amide bonds. The Morgan fingerprint density at radius 3 is 1.64 bits per heavy atom. The normalized spacial score (nSPS) is 11.6. The van der Waals surface area contributed by atoms with Crippen LogP contribution in [0.5, 0.6) is 0 Å². The molecule has 234 valence electrons. The molecule has 0 fully saturated rings. The Morgan fingerprint density at radius 1 is 0.400 bits per heavy atom. The SMILES string of the molecule is c1ccc(-c2nc(-c3ccccc3)nc(-n3c4ccccc4c4cccc(-c5cnc6c7ccccc7n(-c7ccccc7)c6c5)c43)n2)cc1. The summed E-state index contributed by atoms with van der Waals surface area (Å²) in [6.45, 7) is 0. The Balaban J connectivity index is 1.28. The van der Waals surface area contributed by atoms with E-state index < -0.39 is 0 Å². The van der Waals surface area contributed by atoms with Gasteiger partial charge >= 0.3 is 0 Å². The van der Waals surface area contributed by atoms with Gasteiger partial charge in [0.1, 0.15) is 0 Å². The van der Waals surface area contributed by atoms with E-state index in [0.29, 0.717) is 17.6 Å². The molecule has 6 heteroatoms. The predicted octanol–water partition coefficient (Wildman–Crippen LogP) is 10.5. The molecule has 0 unspecified atom stereocenters. The van der Waals surface area contributed by atoms with Crippen molar-refractivity contribution in [1.82, 2.24) is 29.1 Å². The minimum atomic E-state index is 0.559. The van der Waals surface area contributed by atoms with Gasteiger partial charge in [-0.25, -0.2) is 4.98 Å². The van der Waals surface area contributed by atoms with Crippen molar-refractivity contribution in [1.29, 1.82) is 0 Å². The average Bonchev–Trinajstić information content (AvgIpc) is 3.71. The standard InChI is InChI=1S/C44H28N6/c1-4-15-29(16-5-1)42-46-43(30-17-6-2-7-18-30)48-44(47-42)50-37-25-12-10-21-34(37)35-24-14-23-33(41(35)50)31-27-39-40(45-28-31)36-22-11-13-26-38(36)49(39)32-19-8-3-9-20-32/h1-28H. The van der Waals surface area contributed by atoms with Gasteiger partial charge in [-0.2, -0.15) is 9.97 Å². The second-order valence-electron chi connectivity index (χ2n) is 12.3. The lowest BCUT2D eigenvalue weighted by atomic mass is 10.0.